The summed E-state index contributed by atoms with van der Waals surface area (Å²) in [7, 11) is 0. The molecule has 24 heavy (non-hydrogen) atoms. The van der Waals surface area contributed by atoms with Crippen LogP contribution in [0.4, 0.5) is 0 Å². The van der Waals surface area contributed by atoms with E-state index in [0.717, 1.165) is 25.7 Å². The first-order valence-corrected chi connectivity index (χ1v) is 9.96. The molecule has 142 valence electrons. The fourth-order valence-electron chi connectivity index (χ4n) is 2.46. The van der Waals surface area contributed by atoms with E-state index >= 15 is 0 Å². The highest BCUT2D eigenvalue weighted by molar-refractivity contribution is 5.94. The van der Waals surface area contributed by atoms with E-state index in [4.69, 9.17) is 9.47 Å². The van der Waals surface area contributed by atoms with Crippen molar-refractivity contribution in [1.29, 1.82) is 0 Å². The molecule has 0 rings (SSSR count). The number of rotatable bonds is 16. The summed E-state index contributed by atoms with van der Waals surface area (Å²) in [6.07, 6.45) is 13.7. The first-order valence-electron chi connectivity index (χ1n) is 9.96. The topological polar surface area (TPSA) is 52.6 Å². The first kappa shape index (κ1) is 22.9. The molecular formula is C20H38O4. The van der Waals surface area contributed by atoms with Crippen LogP contribution in [0.15, 0.2) is 0 Å². The van der Waals surface area contributed by atoms with Crippen molar-refractivity contribution in [2.24, 2.45) is 5.92 Å². The van der Waals surface area contributed by atoms with Crippen LogP contribution >= 0.6 is 0 Å². The summed E-state index contributed by atoms with van der Waals surface area (Å²) < 4.78 is 10.3. The van der Waals surface area contributed by atoms with E-state index in [2.05, 4.69) is 13.8 Å². The summed E-state index contributed by atoms with van der Waals surface area (Å²) in [5.74, 6) is -1.74. The Labute approximate surface area is 148 Å². The number of hydrogen-bond donors (Lipinski definition) is 0. The third kappa shape index (κ3) is 13.4. The summed E-state index contributed by atoms with van der Waals surface area (Å²) in [5.41, 5.74) is 0. The molecule has 0 aromatic carbocycles. The highest BCUT2D eigenvalue weighted by atomic mass is 16.6. The predicted octanol–water partition coefficient (Wildman–Crippen LogP) is 5.43. The Balaban J connectivity index is 3.59. The van der Waals surface area contributed by atoms with Gasteiger partial charge >= 0.3 is 11.9 Å². The van der Waals surface area contributed by atoms with E-state index in [-0.39, 0.29) is 0 Å². The number of unbranched alkanes of at least 4 members (excludes halogenated alkanes) is 10. The van der Waals surface area contributed by atoms with Crippen molar-refractivity contribution in [2.45, 2.75) is 97.8 Å². The third-order valence-corrected chi connectivity index (χ3v) is 4.19. The Kier molecular flexibility index (Phi) is 16.0. The summed E-state index contributed by atoms with van der Waals surface area (Å²) in [6, 6.07) is 0. The number of esters is 2. The fraction of sp³-hybridized carbons (Fsp3) is 0.900. The lowest BCUT2D eigenvalue weighted by atomic mass is 10.1. The van der Waals surface area contributed by atoms with Gasteiger partial charge in [0.15, 0.2) is 5.92 Å². The van der Waals surface area contributed by atoms with Gasteiger partial charge in [-0.25, -0.2) is 0 Å². The van der Waals surface area contributed by atoms with Crippen LogP contribution in [0.25, 0.3) is 0 Å². The molecule has 0 saturated carbocycles. The van der Waals surface area contributed by atoms with E-state index in [9.17, 15) is 9.59 Å². The quantitative estimate of drug-likeness (QED) is 0.213. The average molecular weight is 343 g/mol. The van der Waals surface area contributed by atoms with Gasteiger partial charge in [0, 0.05) is 0 Å². The van der Waals surface area contributed by atoms with Crippen LogP contribution in [0.5, 0.6) is 0 Å². The van der Waals surface area contributed by atoms with E-state index in [0.29, 0.717) is 13.2 Å². The molecule has 0 spiro atoms. The standard InChI is InChI=1S/C20H38O4/c1-4-6-8-10-12-14-16-23-19(21)18(3)20(22)24-17-15-13-11-9-7-5-2/h18H,4-17H2,1-3H3. The molecule has 0 heterocycles. The monoisotopic (exact) mass is 342 g/mol. The molecule has 0 fully saturated rings. The molecule has 0 aromatic heterocycles. The Hall–Kier alpha value is -1.06. The maximum atomic E-state index is 11.8. The van der Waals surface area contributed by atoms with Crippen LogP contribution in [0.2, 0.25) is 0 Å². The average Bonchev–Trinajstić information content (AvgIpc) is 2.59. The largest absolute Gasteiger partial charge is 0.465 e. The zero-order chi connectivity index (χ0) is 18.0. The van der Waals surface area contributed by atoms with Crippen LogP contribution < -0.4 is 0 Å². The maximum absolute atomic E-state index is 11.8. The second-order valence-corrected chi connectivity index (χ2v) is 6.59. The Morgan fingerprint density at radius 3 is 1.33 bits per heavy atom. The summed E-state index contributed by atoms with van der Waals surface area (Å²) in [6.45, 7) is 6.75. The van der Waals surface area contributed by atoms with Gasteiger partial charge in [0.25, 0.3) is 0 Å². The Morgan fingerprint density at radius 2 is 0.958 bits per heavy atom. The summed E-state index contributed by atoms with van der Waals surface area (Å²) in [4.78, 5) is 23.6. The van der Waals surface area contributed by atoms with E-state index in [1.165, 1.54) is 51.4 Å². The molecule has 0 saturated heterocycles. The predicted molar refractivity (Wildman–Crippen MR) is 97.8 cm³/mol. The molecule has 0 aliphatic carbocycles. The van der Waals surface area contributed by atoms with Crippen molar-refractivity contribution in [1.82, 2.24) is 0 Å². The molecule has 0 bridgehead atoms. The second-order valence-electron chi connectivity index (χ2n) is 6.59. The van der Waals surface area contributed by atoms with Gasteiger partial charge in [-0.2, -0.15) is 0 Å². The number of carbonyl (C=O) groups is 2. The highest BCUT2D eigenvalue weighted by Crippen LogP contribution is 2.08. The normalized spacial score (nSPS) is 10.8. The van der Waals surface area contributed by atoms with Crippen molar-refractivity contribution >= 4 is 11.9 Å². The molecule has 4 heteroatoms. The van der Waals surface area contributed by atoms with Gasteiger partial charge in [-0.3, -0.25) is 9.59 Å². The van der Waals surface area contributed by atoms with Crippen molar-refractivity contribution in [3.63, 3.8) is 0 Å². The zero-order valence-electron chi connectivity index (χ0n) is 16.1. The van der Waals surface area contributed by atoms with Gasteiger partial charge in [-0.05, 0) is 19.8 Å². The van der Waals surface area contributed by atoms with Crippen molar-refractivity contribution in [2.75, 3.05) is 13.2 Å². The third-order valence-electron chi connectivity index (χ3n) is 4.19. The van der Waals surface area contributed by atoms with Crippen LogP contribution in [-0.2, 0) is 19.1 Å². The van der Waals surface area contributed by atoms with Gasteiger partial charge < -0.3 is 9.47 Å². The SMILES string of the molecule is CCCCCCCCOC(=O)C(C)C(=O)OCCCCCCCC. The van der Waals surface area contributed by atoms with Crippen LogP contribution in [0.1, 0.15) is 97.8 Å². The molecule has 0 aliphatic rings. The Morgan fingerprint density at radius 1 is 0.625 bits per heavy atom. The molecule has 0 atom stereocenters. The minimum Gasteiger partial charge on any atom is -0.465 e. The molecule has 0 unspecified atom stereocenters. The molecule has 0 radical (unpaired) electrons. The number of ether oxygens (including phenoxy) is 2. The van der Waals surface area contributed by atoms with Gasteiger partial charge in [0.1, 0.15) is 0 Å². The van der Waals surface area contributed by atoms with E-state index < -0.39 is 17.9 Å². The Bertz CT molecular complexity index is 285. The van der Waals surface area contributed by atoms with Crippen LogP contribution in [0, 0.1) is 5.92 Å². The van der Waals surface area contributed by atoms with Gasteiger partial charge in [0.2, 0.25) is 0 Å². The zero-order valence-corrected chi connectivity index (χ0v) is 16.1. The molecule has 0 aromatic rings. The first-order chi connectivity index (χ1) is 11.6. The number of hydrogen-bond acceptors (Lipinski definition) is 4. The molecule has 0 amide bonds. The molecule has 0 aliphatic heterocycles. The lowest BCUT2D eigenvalue weighted by molar-refractivity contribution is -0.161. The van der Waals surface area contributed by atoms with E-state index in [1.54, 1.807) is 6.92 Å². The van der Waals surface area contributed by atoms with Crippen LogP contribution in [0.3, 0.4) is 0 Å². The molecule has 0 N–H and O–H groups in total. The van der Waals surface area contributed by atoms with Crippen molar-refractivity contribution < 1.29 is 19.1 Å². The van der Waals surface area contributed by atoms with Crippen molar-refractivity contribution in [3.05, 3.63) is 0 Å². The van der Waals surface area contributed by atoms with Gasteiger partial charge in [-0.15, -0.1) is 0 Å². The summed E-state index contributed by atoms with van der Waals surface area (Å²) in [5, 5.41) is 0. The second kappa shape index (κ2) is 16.8. The highest BCUT2D eigenvalue weighted by Gasteiger charge is 2.24. The van der Waals surface area contributed by atoms with Crippen LogP contribution in [-0.4, -0.2) is 25.2 Å². The lowest BCUT2D eigenvalue weighted by Crippen LogP contribution is -2.26. The minimum atomic E-state index is -0.815. The minimum absolute atomic E-state index is 0.403. The van der Waals surface area contributed by atoms with Gasteiger partial charge in [-0.1, -0.05) is 78.1 Å². The fourth-order valence-corrected chi connectivity index (χ4v) is 2.46. The lowest BCUT2D eigenvalue weighted by Gasteiger charge is -2.11. The van der Waals surface area contributed by atoms with Gasteiger partial charge in [0.05, 0.1) is 13.2 Å². The smallest absolute Gasteiger partial charge is 0.320 e. The summed E-state index contributed by atoms with van der Waals surface area (Å²) >= 11 is 0. The number of carbonyl (C=O) groups excluding carboxylic acids is 2. The van der Waals surface area contributed by atoms with Crippen molar-refractivity contribution in [3.8, 4) is 0 Å². The maximum Gasteiger partial charge on any atom is 0.320 e. The molecular weight excluding hydrogens is 304 g/mol. The van der Waals surface area contributed by atoms with E-state index in [1.807, 2.05) is 0 Å². The molecule has 4 nitrogen and oxygen atoms in total.